The fraction of sp³-hybridized carbons (Fsp3) is 0.200. The first-order valence-corrected chi connectivity index (χ1v) is 20.5. The summed E-state index contributed by atoms with van der Waals surface area (Å²) < 4.78 is 1.44. The summed E-state index contributed by atoms with van der Waals surface area (Å²) in [5.74, 6) is 7.14. The van der Waals surface area contributed by atoms with Gasteiger partial charge < -0.3 is 4.98 Å². The molecule has 1 aliphatic carbocycles. The van der Waals surface area contributed by atoms with Crippen molar-refractivity contribution in [2.24, 2.45) is 0 Å². The molecule has 39 heavy (non-hydrogen) atoms. The molecule has 0 atom stereocenters. The average Bonchev–Trinajstić information content (AvgIpc) is 3.15. The van der Waals surface area contributed by atoms with Crippen molar-refractivity contribution in [3.63, 3.8) is 0 Å². The Morgan fingerprint density at radius 2 is 1.28 bits per heavy atom. The van der Waals surface area contributed by atoms with Crippen molar-refractivity contribution in [3.8, 4) is 33.6 Å². The number of benzene rings is 3. The predicted molar refractivity (Wildman–Crippen MR) is 162 cm³/mol. The van der Waals surface area contributed by atoms with E-state index in [2.05, 4.69) is 103 Å². The fourth-order valence-electron chi connectivity index (χ4n) is 4.99. The van der Waals surface area contributed by atoms with Crippen molar-refractivity contribution in [1.29, 1.82) is 0 Å². The van der Waals surface area contributed by atoms with E-state index < -0.39 is 13.3 Å². The molecule has 6 rings (SSSR count). The maximum absolute atomic E-state index is 4.68. The van der Waals surface area contributed by atoms with Crippen molar-refractivity contribution in [2.45, 2.75) is 43.5 Å². The van der Waals surface area contributed by atoms with E-state index in [1.54, 1.807) is 0 Å². The molecule has 0 unspecified atom stereocenters. The summed E-state index contributed by atoms with van der Waals surface area (Å²) in [5.41, 5.74) is 10.8. The van der Waals surface area contributed by atoms with Crippen LogP contribution in [0.25, 0.3) is 33.6 Å². The minimum Gasteiger partial charge on any atom is 0 e. The maximum atomic E-state index is 4.68. The van der Waals surface area contributed by atoms with Gasteiger partial charge in [-0.05, 0) is 29.3 Å². The van der Waals surface area contributed by atoms with Crippen molar-refractivity contribution in [1.82, 2.24) is 9.97 Å². The second-order valence-corrected chi connectivity index (χ2v) is 22.2. The Kier molecular flexibility index (Phi) is 8.76. The Morgan fingerprint density at radius 3 is 1.85 bits per heavy atom. The molecule has 0 bridgehead atoms. The van der Waals surface area contributed by atoms with Crippen molar-refractivity contribution >= 4 is 17.7 Å². The van der Waals surface area contributed by atoms with Gasteiger partial charge in [0.2, 0.25) is 0 Å². The Hall–Kier alpha value is -2.85. The number of aromatic nitrogens is 2. The molecular formula is C35H34GeIrN2-2. The molecule has 1 aliphatic rings. The van der Waals surface area contributed by atoms with Crippen molar-refractivity contribution < 1.29 is 20.1 Å². The standard InChI is InChI=1S/C21H18N.C14H16GeN.Ir/c1-14-9-10-16-17-13-22-20(15-7-5-4-6-8-15)12-19(17)21(2,3)18(16)11-14;1-15(2,3)13-9-10-14(16-11-13)12-7-5-4-6-8-12;/h4-7,9-13H,1-3H3;4-7,9-11H,1-3H3;/q2*-1;. The van der Waals surface area contributed by atoms with Gasteiger partial charge in [0, 0.05) is 37.3 Å². The molecule has 2 aromatic heterocycles. The SMILES string of the molecule is Cc1ccc2c(c1)C(C)(C)c1cc(-c3[c-]cccc3)ncc1-2.[CH3][Ge]([CH3])([CH3])[c]1ccc(-c2[c-]cccc2)nc1.[Ir]. The summed E-state index contributed by atoms with van der Waals surface area (Å²) in [5, 5.41) is 0. The molecule has 0 amide bonds. The van der Waals surface area contributed by atoms with Crippen molar-refractivity contribution in [3.05, 3.63) is 126 Å². The van der Waals surface area contributed by atoms with Gasteiger partial charge in [0.15, 0.2) is 0 Å². The van der Waals surface area contributed by atoms with Gasteiger partial charge in [0.05, 0.1) is 0 Å². The molecule has 5 aromatic rings. The minimum absolute atomic E-state index is 0. The Morgan fingerprint density at radius 1 is 0.667 bits per heavy atom. The molecule has 0 saturated heterocycles. The molecule has 0 spiro atoms. The molecule has 4 heteroatoms. The molecule has 0 fully saturated rings. The van der Waals surface area contributed by atoms with Crippen LogP contribution in [0.2, 0.25) is 17.3 Å². The van der Waals surface area contributed by atoms with E-state index in [1.165, 1.54) is 32.2 Å². The van der Waals surface area contributed by atoms with Gasteiger partial charge >= 0.3 is 99.8 Å². The molecule has 2 nitrogen and oxygen atoms in total. The molecular weight excluding hydrogens is 713 g/mol. The first-order chi connectivity index (χ1) is 18.1. The van der Waals surface area contributed by atoms with Crippen LogP contribution >= 0.6 is 0 Å². The number of hydrogen-bond donors (Lipinski definition) is 0. The third-order valence-electron chi connectivity index (χ3n) is 7.32. The third kappa shape index (κ3) is 6.17. The van der Waals surface area contributed by atoms with Gasteiger partial charge in [0.1, 0.15) is 0 Å². The van der Waals surface area contributed by atoms with Crippen LogP contribution in [-0.4, -0.2) is 23.2 Å². The van der Waals surface area contributed by atoms with Gasteiger partial charge in [0.25, 0.3) is 0 Å². The van der Waals surface area contributed by atoms with Gasteiger partial charge in [-0.1, -0.05) is 43.7 Å². The van der Waals surface area contributed by atoms with Crippen molar-refractivity contribution in [2.75, 3.05) is 0 Å². The summed E-state index contributed by atoms with van der Waals surface area (Å²) in [6.07, 6.45) is 4.06. The topological polar surface area (TPSA) is 25.8 Å². The van der Waals surface area contributed by atoms with E-state index >= 15 is 0 Å². The molecule has 0 saturated carbocycles. The summed E-state index contributed by atoms with van der Waals surface area (Å²) in [6, 6.07) is 35.7. The van der Waals surface area contributed by atoms with E-state index in [1.807, 2.05) is 54.9 Å². The normalized spacial score (nSPS) is 12.9. The Balaban J connectivity index is 0.000000186. The third-order valence-corrected chi connectivity index (χ3v) is 11.6. The molecule has 2 heterocycles. The summed E-state index contributed by atoms with van der Waals surface area (Å²) in [6.45, 7) is 6.76. The number of hydrogen-bond acceptors (Lipinski definition) is 2. The van der Waals surface area contributed by atoms with Crippen LogP contribution in [0, 0.1) is 19.1 Å². The first kappa shape index (κ1) is 29.1. The number of nitrogens with zero attached hydrogens (tertiary/aromatic N) is 2. The molecule has 1 radical (unpaired) electrons. The summed E-state index contributed by atoms with van der Waals surface area (Å²) >= 11 is -1.72. The van der Waals surface area contributed by atoms with Crippen LogP contribution in [-0.2, 0) is 25.5 Å². The second-order valence-electron chi connectivity index (χ2n) is 11.5. The Bertz CT molecular complexity index is 1550. The number of fused-ring (bicyclic) bond motifs is 3. The smallest absolute Gasteiger partial charge is 0 e. The van der Waals surface area contributed by atoms with Crippen LogP contribution in [0.4, 0.5) is 0 Å². The quantitative estimate of drug-likeness (QED) is 0.137. The zero-order valence-corrected chi connectivity index (χ0v) is 28.0. The fourth-order valence-corrected chi connectivity index (χ4v) is 7.16. The monoisotopic (exact) mass is 749 g/mol. The minimum atomic E-state index is -1.72. The molecule has 3 aromatic carbocycles. The van der Waals surface area contributed by atoms with E-state index in [9.17, 15) is 0 Å². The first-order valence-electron chi connectivity index (χ1n) is 13.2. The Labute approximate surface area is 249 Å². The average molecular weight is 747 g/mol. The van der Waals surface area contributed by atoms with Crippen LogP contribution in [0.5, 0.6) is 0 Å². The predicted octanol–water partition coefficient (Wildman–Crippen LogP) is 8.26. The van der Waals surface area contributed by atoms with Gasteiger partial charge in [-0.15, -0.1) is 35.9 Å². The van der Waals surface area contributed by atoms with Crippen LogP contribution in [0.15, 0.2) is 97.3 Å². The van der Waals surface area contributed by atoms with E-state index in [4.69, 9.17) is 0 Å². The number of rotatable bonds is 3. The molecule has 199 valence electrons. The van der Waals surface area contributed by atoms with Gasteiger partial charge in [-0.2, -0.15) is 0 Å². The second kappa shape index (κ2) is 11.7. The zero-order chi connectivity index (χ0) is 26.9. The zero-order valence-electron chi connectivity index (χ0n) is 23.5. The molecule has 0 aliphatic heterocycles. The van der Waals surface area contributed by atoms with E-state index in [0.717, 1.165) is 22.5 Å². The maximum Gasteiger partial charge on any atom is 0 e. The number of aryl methyl sites for hydroxylation is 1. The van der Waals surface area contributed by atoms with Gasteiger partial charge in [-0.3, -0.25) is 0 Å². The largest absolute Gasteiger partial charge is 0 e. The van der Waals surface area contributed by atoms with Gasteiger partial charge in [-0.25, -0.2) is 0 Å². The van der Waals surface area contributed by atoms with Crippen LogP contribution < -0.4 is 4.40 Å². The summed E-state index contributed by atoms with van der Waals surface area (Å²) in [7, 11) is 0. The van der Waals surface area contributed by atoms with E-state index in [-0.39, 0.29) is 25.5 Å². The van der Waals surface area contributed by atoms with Crippen LogP contribution in [0.1, 0.15) is 30.5 Å². The number of pyridine rings is 2. The van der Waals surface area contributed by atoms with E-state index in [0.29, 0.717) is 0 Å². The van der Waals surface area contributed by atoms with Crippen LogP contribution in [0.3, 0.4) is 0 Å². The summed E-state index contributed by atoms with van der Waals surface area (Å²) in [4.78, 5) is 9.21. The molecule has 0 N–H and O–H groups in total.